The summed E-state index contributed by atoms with van der Waals surface area (Å²) < 4.78 is 0. The lowest BCUT2D eigenvalue weighted by Gasteiger charge is -2.25. The minimum Gasteiger partial charge on any atom is -0.306 e. The molecule has 1 heteroatoms. The predicted molar refractivity (Wildman–Crippen MR) is 79.5 cm³/mol. The fourth-order valence-electron chi connectivity index (χ4n) is 2.00. The first-order valence-corrected chi connectivity index (χ1v) is 7.35. The minimum atomic E-state index is 0.491. The Morgan fingerprint density at radius 3 is 1.71 bits per heavy atom. The van der Waals surface area contributed by atoms with Crippen LogP contribution in [0.3, 0.4) is 0 Å². The van der Waals surface area contributed by atoms with Gasteiger partial charge in [-0.25, -0.2) is 0 Å². The quantitative estimate of drug-likeness (QED) is 0.580. The lowest BCUT2D eigenvalue weighted by Crippen LogP contribution is -2.23. The highest BCUT2D eigenvalue weighted by Crippen LogP contribution is 2.26. The third kappa shape index (κ3) is 10.8. The van der Waals surface area contributed by atoms with E-state index in [1.54, 1.807) is 0 Å². The molecule has 104 valence electrons. The molecule has 17 heavy (non-hydrogen) atoms. The van der Waals surface area contributed by atoms with Crippen LogP contribution in [0.4, 0.5) is 0 Å². The van der Waals surface area contributed by atoms with Crippen molar-refractivity contribution < 1.29 is 0 Å². The second-order valence-corrected chi connectivity index (χ2v) is 7.59. The van der Waals surface area contributed by atoms with E-state index in [2.05, 4.69) is 53.5 Å². The van der Waals surface area contributed by atoms with E-state index in [0.717, 1.165) is 0 Å². The van der Waals surface area contributed by atoms with Crippen molar-refractivity contribution in [2.24, 2.45) is 10.8 Å². The maximum atomic E-state index is 2.50. The van der Waals surface area contributed by atoms with Gasteiger partial charge in [-0.2, -0.15) is 0 Å². The summed E-state index contributed by atoms with van der Waals surface area (Å²) in [6.07, 6.45) is 6.65. The Morgan fingerprint density at radius 1 is 0.824 bits per heavy atom. The van der Waals surface area contributed by atoms with E-state index >= 15 is 0 Å². The van der Waals surface area contributed by atoms with E-state index in [1.807, 2.05) is 0 Å². The largest absolute Gasteiger partial charge is 0.306 e. The summed E-state index contributed by atoms with van der Waals surface area (Å²) in [4.78, 5) is 2.50. The molecule has 0 radical (unpaired) electrons. The van der Waals surface area contributed by atoms with Gasteiger partial charge in [-0.15, -0.1) is 0 Å². The van der Waals surface area contributed by atoms with Gasteiger partial charge < -0.3 is 4.90 Å². The number of rotatable bonds is 8. The molecule has 0 aliphatic rings. The van der Waals surface area contributed by atoms with E-state index in [9.17, 15) is 0 Å². The molecule has 0 atom stereocenters. The van der Waals surface area contributed by atoms with Crippen LogP contribution in [0.25, 0.3) is 0 Å². The molecular weight excluding hydrogens is 206 g/mol. The van der Waals surface area contributed by atoms with Crippen molar-refractivity contribution >= 4 is 0 Å². The molecule has 0 spiro atoms. The molecule has 0 aromatic rings. The predicted octanol–water partition coefficient (Wildman–Crippen LogP) is 4.96. The zero-order valence-corrected chi connectivity index (χ0v) is 13.4. The van der Waals surface area contributed by atoms with Crippen LogP contribution in [0.2, 0.25) is 0 Å². The molecule has 0 heterocycles. The summed E-state index contributed by atoms with van der Waals surface area (Å²) in [6.45, 7) is 16.6. The van der Waals surface area contributed by atoms with Gasteiger partial charge in [-0.3, -0.25) is 0 Å². The van der Waals surface area contributed by atoms with E-state index in [1.165, 1.54) is 45.2 Å². The van der Waals surface area contributed by atoms with Crippen molar-refractivity contribution in [3.63, 3.8) is 0 Å². The molecule has 0 aliphatic carbocycles. The molecule has 0 bridgehead atoms. The standard InChI is InChI=1S/C16H35N/c1-8-16(5,6)12-10-14-17(7)13-9-11-15(2,3)4/h8-14H2,1-7H3. The molecule has 0 saturated heterocycles. The first-order valence-electron chi connectivity index (χ1n) is 7.35. The van der Waals surface area contributed by atoms with Gasteiger partial charge in [0.05, 0.1) is 0 Å². The third-order valence-electron chi connectivity index (χ3n) is 3.82. The average Bonchev–Trinajstić information content (AvgIpc) is 2.15. The first-order chi connectivity index (χ1) is 7.66. The van der Waals surface area contributed by atoms with Crippen molar-refractivity contribution in [2.75, 3.05) is 20.1 Å². The molecule has 0 amide bonds. The molecule has 0 aromatic heterocycles. The molecule has 0 aliphatic heterocycles. The van der Waals surface area contributed by atoms with Crippen LogP contribution >= 0.6 is 0 Å². The Morgan fingerprint density at radius 2 is 1.29 bits per heavy atom. The molecule has 1 nitrogen and oxygen atoms in total. The second-order valence-electron chi connectivity index (χ2n) is 7.59. The van der Waals surface area contributed by atoms with Crippen LogP contribution in [0, 0.1) is 10.8 Å². The lowest BCUT2D eigenvalue weighted by molar-refractivity contribution is 0.253. The third-order valence-corrected chi connectivity index (χ3v) is 3.82. The molecule has 0 N–H and O–H groups in total. The molecular formula is C16H35N. The SMILES string of the molecule is CCC(C)(C)CCCN(C)CCCC(C)(C)C. The molecule has 0 unspecified atom stereocenters. The van der Waals surface area contributed by atoms with E-state index in [0.29, 0.717) is 10.8 Å². The maximum absolute atomic E-state index is 2.50. The second kappa shape index (κ2) is 7.41. The smallest absolute Gasteiger partial charge is 0.00216 e. The van der Waals surface area contributed by atoms with E-state index < -0.39 is 0 Å². The Hall–Kier alpha value is -0.0400. The van der Waals surface area contributed by atoms with Crippen molar-refractivity contribution in [1.82, 2.24) is 4.90 Å². The summed E-state index contributed by atoms with van der Waals surface area (Å²) in [5.74, 6) is 0. The number of hydrogen-bond donors (Lipinski definition) is 0. The van der Waals surface area contributed by atoms with Crippen LogP contribution in [-0.2, 0) is 0 Å². The van der Waals surface area contributed by atoms with Gasteiger partial charge in [0.25, 0.3) is 0 Å². The monoisotopic (exact) mass is 241 g/mol. The summed E-state index contributed by atoms with van der Waals surface area (Å²) in [6, 6.07) is 0. The van der Waals surface area contributed by atoms with Crippen LogP contribution in [0.15, 0.2) is 0 Å². The van der Waals surface area contributed by atoms with Crippen molar-refractivity contribution in [1.29, 1.82) is 0 Å². The Balaban J connectivity index is 3.57. The fourth-order valence-corrected chi connectivity index (χ4v) is 2.00. The van der Waals surface area contributed by atoms with E-state index in [-0.39, 0.29) is 0 Å². The molecule has 0 rings (SSSR count). The van der Waals surface area contributed by atoms with Gasteiger partial charge in [0.2, 0.25) is 0 Å². The normalized spacial score (nSPS) is 13.4. The zero-order valence-electron chi connectivity index (χ0n) is 13.4. The summed E-state index contributed by atoms with van der Waals surface area (Å²) in [5, 5.41) is 0. The van der Waals surface area contributed by atoms with Gasteiger partial charge in [-0.05, 0) is 56.7 Å². The van der Waals surface area contributed by atoms with Crippen LogP contribution < -0.4 is 0 Å². The van der Waals surface area contributed by atoms with Crippen LogP contribution in [0.1, 0.15) is 73.6 Å². The van der Waals surface area contributed by atoms with Crippen molar-refractivity contribution in [3.05, 3.63) is 0 Å². The number of nitrogens with zero attached hydrogens (tertiary/aromatic N) is 1. The Labute approximate surface area is 110 Å². The van der Waals surface area contributed by atoms with Crippen LogP contribution in [0.5, 0.6) is 0 Å². The topological polar surface area (TPSA) is 3.24 Å². The van der Waals surface area contributed by atoms with Crippen molar-refractivity contribution in [2.45, 2.75) is 73.6 Å². The first kappa shape index (κ1) is 17.0. The summed E-state index contributed by atoms with van der Waals surface area (Å²) >= 11 is 0. The highest BCUT2D eigenvalue weighted by molar-refractivity contribution is 4.68. The summed E-state index contributed by atoms with van der Waals surface area (Å²) in [7, 11) is 2.27. The highest BCUT2D eigenvalue weighted by atomic mass is 15.1. The van der Waals surface area contributed by atoms with Crippen molar-refractivity contribution in [3.8, 4) is 0 Å². The maximum Gasteiger partial charge on any atom is -0.00216 e. The fraction of sp³-hybridized carbons (Fsp3) is 1.00. The summed E-state index contributed by atoms with van der Waals surface area (Å²) in [5.41, 5.74) is 1.03. The van der Waals surface area contributed by atoms with Gasteiger partial charge in [-0.1, -0.05) is 48.0 Å². The van der Waals surface area contributed by atoms with Gasteiger partial charge in [0.1, 0.15) is 0 Å². The van der Waals surface area contributed by atoms with Crippen LogP contribution in [-0.4, -0.2) is 25.0 Å². The highest BCUT2D eigenvalue weighted by Gasteiger charge is 2.15. The Bertz CT molecular complexity index is 188. The van der Waals surface area contributed by atoms with Gasteiger partial charge in [0.15, 0.2) is 0 Å². The molecule has 0 aromatic carbocycles. The minimum absolute atomic E-state index is 0.491. The molecule has 0 saturated carbocycles. The van der Waals surface area contributed by atoms with E-state index in [4.69, 9.17) is 0 Å². The lowest BCUT2D eigenvalue weighted by atomic mass is 9.85. The van der Waals surface area contributed by atoms with Gasteiger partial charge >= 0.3 is 0 Å². The molecule has 0 fully saturated rings. The zero-order chi connectivity index (χ0) is 13.5. The average molecular weight is 241 g/mol. The number of hydrogen-bond acceptors (Lipinski definition) is 1. The Kier molecular flexibility index (Phi) is 7.39. The van der Waals surface area contributed by atoms with Gasteiger partial charge in [0, 0.05) is 0 Å².